The maximum Gasteiger partial charge on any atom is 0.235 e. The highest BCUT2D eigenvalue weighted by atomic mass is 32.2. The van der Waals surface area contributed by atoms with E-state index in [-0.39, 0.29) is 11.2 Å². The van der Waals surface area contributed by atoms with E-state index in [4.69, 9.17) is 14.2 Å². The monoisotopic (exact) mass is 347 g/mol. The molecule has 0 saturated heterocycles. The molecule has 0 saturated carbocycles. The number of fused-ring (bicyclic) bond motifs is 2. The quantitative estimate of drug-likeness (QED) is 0.867. The molecule has 0 radical (unpaired) electrons. The molecule has 0 spiro atoms. The molecule has 126 valence electrons. The summed E-state index contributed by atoms with van der Waals surface area (Å²) in [6.07, 6.45) is 0. The van der Waals surface area contributed by atoms with Crippen LogP contribution in [0.3, 0.4) is 0 Å². The average Bonchev–Trinajstić information content (AvgIpc) is 2.85. The molecule has 3 heterocycles. The minimum atomic E-state index is -0.0558. The van der Waals surface area contributed by atoms with Gasteiger partial charge >= 0.3 is 0 Å². The standard InChI is InChI=1S/C16H17N3O4S/c1-8-13-15(24-7-12(20)17-16(13)19-18-8)9-5-10(21-2)14-11(6-9)22-3-4-23-14/h5-6,15H,3-4,7H2,1-2H3,(H2,17,18,19,20). The third-order valence-electron chi connectivity index (χ3n) is 4.05. The molecule has 2 aliphatic heterocycles. The van der Waals surface area contributed by atoms with E-state index in [2.05, 4.69) is 15.5 Å². The zero-order valence-electron chi connectivity index (χ0n) is 13.3. The lowest BCUT2D eigenvalue weighted by Crippen LogP contribution is -2.16. The van der Waals surface area contributed by atoms with Gasteiger partial charge in [-0.3, -0.25) is 9.89 Å². The van der Waals surface area contributed by atoms with Crippen LogP contribution in [0.4, 0.5) is 5.82 Å². The molecule has 1 aromatic carbocycles. The number of aromatic amines is 1. The predicted octanol–water partition coefficient (Wildman–Crippen LogP) is 2.27. The van der Waals surface area contributed by atoms with Crippen LogP contribution in [0.25, 0.3) is 0 Å². The van der Waals surface area contributed by atoms with Crippen molar-refractivity contribution >= 4 is 23.5 Å². The normalized spacial score (nSPS) is 19.2. The Hall–Kier alpha value is -2.35. The topological polar surface area (TPSA) is 85.5 Å². The molecule has 2 aliphatic rings. The molecule has 1 atom stereocenters. The van der Waals surface area contributed by atoms with Crippen LogP contribution >= 0.6 is 11.8 Å². The first-order chi connectivity index (χ1) is 11.7. The first-order valence-electron chi connectivity index (χ1n) is 7.61. The summed E-state index contributed by atoms with van der Waals surface area (Å²) in [6, 6.07) is 3.90. The summed E-state index contributed by atoms with van der Waals surface area (Å²) < 4.78 is 16.9. The number of aromatic nitrogens is 2. The lowest BCUT2D eigenvalue weighted by atomic mass is 10.0. The molecule has 4 rings (SSSR count). The molecule has 1 aromatic heterocycles. The average molecular weight is 347 g/mol. The molecule has 2 N–H and O–H groups in total. The van der Waals surface area contributed by atoms with Crippen molar-refractivity contribution in [3.05, 3.63) is 29.0 Å². The molecule has 24 heavy (non-hydrogen) atoms. The van der Waals surface area contributed by atoms with Gasteiger partial charge in [-0.2, -0.15) is 5.10 Å². The van der Waals surface area contributed by atoms with Crippen molar-refractivity contribution in [2.45, 2.75) is 12.2 Å². The van der Waals surface area contributed by atoms with Crippen LogP contribution in [0.15, 0.2) is 12.1 Å². The molecule has 2 aromatic rings. The van der Waals surface area contributed by atoms with Gasteiger partial charge in [-0.1, -0.05) is 0 Å². The van der Waals surface area contributed by atoms with Crippen LogP contribution in [0.1, 0.15) is 22.1 Å². The maximum atomic E-state index is 11.9. The third-order valence-corrected chi connectivity index (χ3v) is 5.32. The largest absolute Gasteiger partial charge is 0.493 e. The molecule has 1 unspecified atom stereocenters. The maximum absolute atomic E-state index is 11.9. The van der Waals surface area contributed by atoms with Crippen LogP contribution in [0.5, 0.6) is 17.2 Å². The summed E-state index contributed by atoms with van der Waals surface area (Å²) in [5, 5.41) is 9.96. The number of nitrogens with zero attached hydrogens (tertiary/aromatic N) is 1. The number of nitrogens with one attached hydrogen (secondary N) is 2. The van der Waals surface area contributed by atoms with Crippen molar-refractivity contribution in [3.63, 3.8) is 0 Å². The lowest BCUT2D eigenvalue weighted by Gasteiger charge is -2.23. The number of thioether (sulfide) groups is 1. The van der Waals surface area contributed by atoms with Gasteiger partial charge < -0.3 is 19.5 Å². The van der Waals surface area contributed by atoms with Gasteiger partial charge in [0.15, 0.2) is 17.3 Å². The summed E-state index contributed by atoms with van der Waals surface area (Å²) >= 11 is 1.55. The van der Waals surface area contributed by atoms with E-state index in [9.17, 15) is 4.79 Å². The number of anilines is 1. The molecular weight excluding hydrogens is 330 g/mol. The van der Waals surface area contributed by atoms with E-state index in [0.29, 0.717) is 42.0 Å². The Kier molecular flexibility index (Phi) is 3.76. The molecule has 0 aliphatic carbocycles. The van der Waals surface area contributed by atoms with Gasteiger partial charge in [-0.25, -0.2) is 0 Å². The molecule has 0 fully saturated rings. The Bertz CT molecular complexity index is 788. The van der Waals surface area contributed by atoms with Crippen LogP contribution < -0.4 is 19.5 Å². The molecule has 1 amide bonds. The van der Waals surface area contributed by atoms with E-state index in [1.165, 1.54) is 0 Å². The summed E-state index contributed by atoms with van der Waals surface area (Å²) in [6.45, 7) is 2.96. The van der Waals surface area contributed by atoms with E-state index in [0.717, 1.165) is 16.8 Å². The summed E-state index contributed by atoms with van der Waals surface area (Å²) in [7, 11) is 1.61. The zero-order valence-corrected chi connectivity index (χ0v) is 14.2. The second kappa shape index (κ2) is 5.94. The Morgan fingerprint density at radius 1 is 1.33 bits per heavy atom. The van der Waals surface area contributed by atoms with E-state index in [1.807, 2.05) is 19.1 Å². The van der Waals surface area contributed by atoms with E-state index < -0.39 is 0 Å². The number of methoxy groups -OCH3 is 1. The number of amides is 1. The van der Waals surface area contributed by atoms with Gasteiger partial charge in [0.25, 0.3) is 0 Å². The molecule has 8 heteroatoms. The number of hydrogen-bond donors (Lipinski definition) is 2. The minimum Gasteiger partial charge on any atom is -0.493 e. The van der Waals surface area contributed by atoms with E-state index >= 15 is 0 Å². The number of carbonyl (C=O) groups is 1. The first-order valence-corrected chi connectivity index (χ1v) is 8.66. The number of ether oxygens (including phenoxy) is 3. The summed E-state index contributed by atoms with van der Waals surface area (Å²) in [5.74, 6) is 2.82. The van der Waals surface area contributed by atoms with E-state index in [1.54, 1.807) is 18.9 Å². The van der Waals surface area contributed by atoms with Gasteiger partial charge in [0, 0.05) is 11.3 Å². The van der Waals surface area contributed by atoms with Crippen LogP contribution in [0, 0.1) is 6.92 Å². The SMILES string of the molecule is COc1cc(C2SCC(=O)Nc3n[nH]c(C)c32)cc2c1OCCO2. The first kappa shape index (κ1) is 15.2. The number of benzene rings is 1. The minimum absolute atomic E-state index is 0.0533. The molecular formula is C16H17N3O4S. The Morgan fingerprint density at radius 2 is 2.17 bits per heavy atom. The second-order valence-electron chi connectivity index (χ2n) is 5.60. The van der Waals surface area contributed by atoms with Crippen molar-refractivity contribution in [1.82, 2.24) is 10.2 Å². The number of aryl methyl sites for hydroxylation is 1. The van der Waals surface area contributed by atoms with Crippen molar-refractivity contribution in [2.75, 3.05) is 31.4 Å². The Balaban J connectivity index is 1.83. The number of H-pyrrole nitrogens is 1. The second-order valence-corrected chi connectivity index (χ2v) is 6.69. The highest BCUT2D eigenvalue weighted by Gasteiger charge is 2.30. The van der Waals surface area contributed by atoms with Crippen molar-refractivity contribution in [2.24, 2.45) is 0 Å². The Morgan fingerprint density at radius 3 is 3.00 bits per heavy atom. The van der Waals surface area contributed by atoms with Crippen molar-refractivity contribution < 1.29 is 19.0 Å². The number of rotatable bonds is 2. The smallest absolute Gasteiger partial charge is 0.235 e. The van der Waals surface area contributed by atoms with Gasteiger partial charge in [0.2, 0.25) is 11.7 Å². The van der Waals surface area contributed by atoms with Crippen LogP contribution in [-0.2, 0) is 4.79 Å². The lowest BCUT2D eigenvalue weighted by molar-refractivity contribution is -0.113. The summed E-state index contributed by atoms with van der Waals surface area (Å²) in [5.41, 5.74) is 2.89. The van der Waals surface area contributed by atoms with Gasteiger partial charge in [-0.15, -0.1) is 11.8 Å². The number of carbonyl (C=O) groups excluding carboxylic acids is 1. The van der Waals surface area contributed by atoms with Gasteiger partial charge in [0.05, 0.1) is 18.1 Å². The summed E-state index contributed by atoms with van der Waals surface area (Å²) in [4.78, 5) is 11.9. The van der Waals surface area contributed by atoms with Crippen LogP contribution in [0.2, 0.25) is 0 Å². The van der Waals surface area contributed by atoms with Crippen molar-refractivity contribution in [3.8, 4) is 17.2 Å². The van der Waals surface area contributed by atoms with Gasteiger partial charge in [-0.05, 0) is 24.6 Å². The highest BCUT2D eigenvalue weighted by Crippen LogP contribution is 2.48. The van der Waals surface area contributed by atoms with Crippen molar-refractivity contribution in [1.29, 1.82) is 0 Å². The third kappa shape index (κ3) is 2.47. The molecule has 7 nitrogen and oxygen atoms in total. The number of hydrogen-bond acceptors (Lipinski definition) is 6. The van der Waals surface area contributed by atoms with Gasteiger partial charge in [0.1, 0.15) is 13.2 Å². The fourth-order valence-electron chi connectivity index (χ4n) is 2.97. The Labute approximate surface area is 143 Å². The molecule has 0 bridgehead atoms. The van der Waals surface area contributed by atoms with Crippen LogP contribution in [-0.4, -0.2) is 42.2 Å². The fourth-order valence-corrected chi connectivity index (χ4v) is 4.15. The highest BCUT2D eigenvalue weighted by molar-refractivity contribution is 8.00. The zero-order chi connectivity index (χ0) is 16.7. The fraction of sp³-hybridized carbons (Fsp3) is 0.375. The predicted molar refractivity (Wildman–Crippen MR) is 90.2 cm³/mol.